The maximum atomic E-state index is 13.2. The quantitative estimate of drug-likeness (QED) is 0.676. The number of nitrogens with zero attached hydrogens (tertiary/aromatic N) is 1. The molecule has 2 amide bonds. The summed E-state index contributed by atoms with van der Waals surface area (Å²) in [7, 11) is -3.77. The van der Waals surface area contributed by atoms with E-state index in [2.05, 4.69) is 10.6 Å². The van der Waals surface area contributed by atoms with E-state index in [0.717, 1.165) is 31.4 Å². The Hall–Kier alpha value is -2.56. The molecule has 2 aromatic carbocycles. The molecule has 3 rings (SSSR count). The van der Waals surface area contributed by atoms with Gasteiger partial charge in [0.1, 0.15) is 0 Å². The molecule has 0 saturated carbocycles. The van der Waals surface area contributed by atoms with E-state index >= 15 is 0 Å². The summed E-state index contributed by atoms with van der Waals surface area (Å²) in [5.74, 6) is -3.62. The van der Waals surface area contributed by atoms with Crippen molar-refractivity contribution < 1.29 is 26.8 Å². The van der Waals surface area contributed by atoms with E-state index in [1.807, 2.05) is 0 Å². The summed E-state index contributed by atoms with van der Waals surface area (Å²) < 4.78 is 53.2. The molecule has 2 aromatic rings. The van der Waals surface area contributed by atoms with Gasteiger partial charge in [-0.1, -0.05) is 18.0 Å². The molecule has 166 valence electrons. The highest BCUT2D eigenvalue weighted by Crippen LogP contribution is 2.25. The van der Waals surface area contributed by atoms with Gasteiger partial charge in [0.05, 0.1) is 22.0 Å². The normalized spacial score (nSPS) is 14.8. The summed E-state index contributed by atoms with van der Waals surface area (Å²) in [6.07, 6.45) is 2.51. The van der Waals surface area contributed by atoms with Crippen molar-refractivity contribution in [3.05, 3.63) is 58.6 Å². The first kappa shape index (κ1) is 23.1. The fourth-order valence-corrected chi connectivity index (χ4v) is 4.88. The smallest absolute Gasteiger partial charge is 0.253 e. The second-order valence-corrected chi connectivity index (χ2v) is 9.31. The predicted octanol–water partition coefficient (Wildman–Crippen LogP) is 3.16. The van der Waals surface area contributed by atoms with Crippen LogP contribution in [0.5, 0.6) is 0 Å². The minimum Gasteiger partial charge on any atom is -0.343 e. The summed E-state index contributed by atoms with van der Waals surface area (Å²) in [6, 6.07) is 6.66. The van der Waals surface area contributed by atoms with E-state index < -0.39 is 40.0 Å². The summed E-state index contributed by atoms with van der Waals surface area (Å²) in [6.45, 7) is 0.338. The fraction of sp³-hybridized carbons (Fsp3) is 0.300. The molecule has 0 aliphatic carbocycles. The lowest BCUT2D eigenvalue weighted by Gasteiger charge is -2.26. The average Bonchev–Trinajstić information content (AvgIpc) is 2.75. The molecule has 0 bridgehead atoms. The third-order valence-corrected chi connectivity index (χ3v) is 6.97. The van der Waals surface area contributed by atoms with Crippen molar-refractivity contribution in [2.75, 3.05) is 25.0 Å². The standard InChI is InChI=1S/C20H20ClF2N3O4S/c21-16-6-5-14(31(29,30)26-8-2-1-3-9-26)11-15(16)20(28)24-12-19(27)25-13-4-7-17(22)18(23)10-13/h4-7,10-11H,1-3,8-9,12H2,(H,24,28)(H,25,27). The second-order valence-electron chi connectivity index (χ2n) is 6.97. The van der Waals surface area contributed by atoms with E-state index in [0.29, 0.717) is 13.1 Å². The predicted molar refractivity (Wildman–Crippen MR) is 111 cm³/mol. The largest absolute Gasteiger partial charge is 0.343 e. The topological polar surface area (TPSA) is 95.6 Å². The van der Waals surface area contributed by atoms with Gasteiger partial charge in [-0.15, -0.1) is 0 Å². The number of carbonyl (C=O) groups excluding carboxylic acids is 2. The minimum absolute atomic E-state index is 0.0193. The van der Waals surface area contributed by atoms with Crippen molar-refractivity contribution in [3.8, 4) is 0 Å². The Morgan fingerprint density at radius 1 is 1.00 bits per heavy atom. The molecule has 11 heteroatoms. The average molecular weight is 472 g/mol. The number of piperidine rings is 1. The van der Waals surface area contributed by atoms with Crippen molar-refractivity contribution in [1.82, 2.24) is 9.62 Å². The maximum absolute atomic E-state index is 13.2. The maximum Gasteiger partial charge on any atom is 0.253 e. The first-order chi connectivity index (χ1) is 14.7. The van der Waals surface area contributed by atoms with Gasteiger partial charge in [0.2, 0.25) is 15.9 Å². The van der Waals surface area contributed by atoms with Crippen LogP contribution in [0.1, 0.15) is 29.6 Å². The van der Waals surface area contributed by atoms with Crippen molar-refractivity contribution in [2.24, 2.45) is 0 Å². The number of anilines is 1. The monoisotopic (exact) mass is 471 g/mol. The summed E-state index contributed by atoms with van der Waals surface area (Å²) in [5.41, 5.74) is -0.0776. The van der Waals surface area contributed by atoms with Crippen LogP contribution in [0, 0.1) is 11.6 Å². The Balaban J connectivity index is 1.67. The van der Waals surface area contributed by atoms with Crippen molar-refractivity contribution in [1.29, 1.82) is 0 Å². The summed E-state index contributed by atoms with van der Waals surface area (Å²) >= 11 is 6.06. The van der Waals surface area contributed by atoms with Crippen molar-refractivity contribution >= 4 is 39.1 Å². The van der Waals surface area contributed by atoms with Crippen LogP contribution in [0.4, 0.5) is 14.5 Å². The van der Waals surface area contributed by atoms with Crippen LogP contribution in [0.2, 0.25) is 5.02 Å². The van der Waals surface area contributed by atoms with Gasteiger partial charge in [0.25, 0.3) is 5.91 Å². The molecule has 0 radical (unpaired) electrons. The number of halogens is 3. The zero-order chi connectivity index (χ0) is 22.6. The number of sulfonamides is 1. The molecule has 7 nitrogen and oxygen atoms in total. The van der Waals surface area contributed by atoms with Gasteiger partial charge in [-0.3, -0.25) is 9.59 Å². The van der Waals surface area contributed by atoms with Crippen LogP contribution >= 0.6 is 11.6 Å². The molecular weight excluding hydrogens is 452 g/mol. The number of amides is 2. The van der Waals surface area contributed by atoms with Crippen LogP contribution in [-0.2, 0) is 14.8 Å². The van der Waals surface area contributed by atoms with Crippen LogP contribution in [0.3, 0.4) is 0 Å². The molecule has 1 heterocycles. The molecule has 1 aliphatic heterocycles. The minimum atomic E-state index is -3.77. The number of nitrogens with one attached hydrogen (secondary N) is 2. The molecule has 31 heavy (non-hydrogen) atoms. The van der Waals surface area contributed by atoms with E-state index in [9.17, 15) is 26.8 Å². The third-order valence-electron chi connectivity index (χ3n) is 4.75. The highest BCUT2D eigenvalue weighted by molar-refractivity contribution is 7.89. The zero-order valence-corrected chi connectivity index (χ0v) is 17.9. The molecule has 1 saturated heterocycles. The SMILES string of the molecule is O=C(CNC(=O)c1cc(S(=O)(=O)N2CCCCC2)ccc1Cl)Nc1ccc(F)c(F)c1. The summed E-state index contributed by atoms with van der Waals surface area (Å²) in [4.78, 5) is 24.4. The van der Waals surface area contributed by atoms with Gasteiger partial charge < -0.3 is 10.6 Å². The lowest BCUT2D eigenvalue weighted by molar-refractivity contribution is -0.115. The Morgan fingerprint density at radius 2 is 1.71 bits per heavy atom. The molecule has 0 unspecified atom stereocenters. The van der Waals surface area contributed by atoms with Gasteiger partial charge in [0.15, 0.2) is 11.6 Å². The van der Waals surface area contributed by atoms with Gasteiger partial charge >= 0.3 is 0 Å². The Morgan fingerprint density at radius 3 is 2.39 bits per heavy atom. The first-order valence-electron chi connectivity index (χ1n) is 9.51. The second kappa shape index (κ2) is 9.71. The van der Waals surface area contributed by atoms with Crippen molar-refractivity contribution in [3.63, 3.8) is 0 Å². The van der Waals surface area contributed by atoms with Gasteiger partial charge in [-0.2, -0.15) is 4.31 Å². The molecular formula is C20H20ClF2N3O4S. The number of carbonyl (C=O) groups is 2. The number of rotatable bonds is 6. The third kappa shape index (κ3) is 5.57. The Labute approximate surface area is 183 Å². The van der Waals surface area contributed by atoms with Gasteiger partial charge in [-0.05, 0) is 43.2 Å². The Kier molecular flexibility index (Phi) is 7.24. The van der Waals surface area contributed by atoms with Crippen molar-refractivity contribution in [2.45, 2.75) is 24.2 Å². The van der Waals surface area contributed by atoms with Crippen LogP contribution in [0.15, 0.2) is 41.3 Å². The van der Waals surface area contributed by atoms with Crippen LogP contribution in [-0.4, -0.2) is 44.2 Å². The van der Waals surface area contributed by atoms with Gasteiger partial charge in [0, 0.05) is 24.8 Å². The van der Waals surface area contributed by atoms with E-state index in [-0.39, 0.29) is 21.2 Å². The van der Waals surface area contributed by atoms with E-state index in [4.69, 9.17) is 11.6 Å². The van der Waals surface area contributed by atoms with Crippen LogP contribution in [0.25, 0.3) is 0 Å². The van der Waals surface area contributed by atoms with Crippen LogP contribution < -0.4 is 10.6 Å². The van der Waals surface area contributed by atoms with E-state index in [1.165, 1.54) is 28.6 Å². The summed E-state index contributed by atoms with van der Waals surface area (Å²) in [5, 5.41) is 4.67. The highest BCUT2D eigenvalue weighted by Gasteiger charge is 2.27. The highest BCUT2D eigenvalue weighted by atomic mass is 35.5. The number of hydrogen-bond acceptors (Lipinski definition) is 4. The molecule has 1 fully saturated rings. The fourth-order valence-electron chi connectivity index (χ4n) is 3.13. The molecule has 2 N–H and O–H groups in total. The Bertz CT molecular complexity index is 1110. The first-order valence-corrected chi connectivity index (χ1v) is 11.3. The number of benzene rings is 2. The van der Waals surface area contributed by atoms with E-state index in [1.54, 1.807) is 0 Å². The molecule has 0 aromatic heterocycles. The lowest BCUT2D eigenvalue weighted by atomic mass is 10.2. The number of hydrogen-bond donors (Lipinski definition) is 2. The lowest BCUT2D eigenvalue weighted by Crippen LogP contribution is -2.36. The molecule has 0 atom stereocenters. The molecule has 1 aliphatic rings. The zero-order valence-electron chi connectivity index (χ0n) is 16.3. The van der Waals surface area contributed by atoms with Gasteiger partial charge in [-0.25, -0.2) is 17.2 Å². The molecule has 0 spiro atoms.